The van der Waals surface area contributed by atoms with Crippen molar-refractivity contribution in [1.29, 1.82) is 0 Å². The van der Waals surface area contributed by atoms with E-state index in [1.54, 1.807) is 12.3 Å². The van der Waals surface area contributed by atoms with E-state index in [0.29, 0.717) is 36.1 Å². The molecule has 2 heterocycles. The highest BCUT2D eigenvalue weighted by Crippen LogP contribution is 2.28. The number of ether oxygens (including phenoxy) is 1. The molecule has 0 aliphatic carbocycles. The molecule has 1 aromatic carbocycles. The molecule has 1 atom stereocenters. The third kappa shape index (κ3) is 3.99. The van der Waals surface area contributed by atoms with Gasteiger partial charge in [-0.2, -0.15) is 0 Å². The van der Waals surface area contributed by atoms with Gasteiger partial charge in [0, 0.05) is 31.5 Å². The fraction of sp³-hybridized carbons (Fsp3) is 0.400. The summed E-state index contributed by atoms with van der Waals surface area (Å²) >= 11 is 0. The van der Waals surface area contributed by atoms with Crippen LogP contribution in [0.2, 0.25) is 0 Å². The Hall–Kier alpha value is -2.40. The number of carbonyl (C=O) groups excluding carboxylic acids is 1. The predicted octanol–water partition coefficient (Wildman–Crippen LogP) is 3.22. The van der Waals surface area contributed by atoms with Crippen molar-refractivity contribution in [2.45, 2.75) is 19.8 Å². The van der Waals surface area contributed by atoms with Gasteiger partial charge in [0.25, 0.3) is 5.91 Å². The van der Waals surface area contributed by atoms with E-state index in [2.05, 4.69) is 4.98 Å². The Morgan fingerprint density at radius 2 is 2.12 bits per heavy atom. The number of carbonyl (C=O) groups is 1. The third-order valence-electron chi connectivity index (χ3n) is 4.63. The van der Waals surface area contributed by atoms with Crippen LogP contribution in [0, 0.1) is 5.92 Å². The number of hydrogen-bond donors (Lipinski definition) is 1. The number of anilines is 1. The molecular formula is C20H25N3O2. The summed E-state index contributed by atoms with van der Waals surface area (Å²) in [5, 5.41) is 0. The van der Waals surface area contributed by atoms with E-state index in [-0.39, 0.29) is 5.91 Å². The van der Waals surface area contributed by atoms with Crippen molar-refractivity contribution in [3.05, 3.63) is 48.2 Å². The lowest BCUT2D eigenvalue weighted by molar-refractivity contribution is 0.0502. The lowest BCUT2D eigenvalue weighted by atomic mass is 9.97. The number of aromatic nitrogens is 1. The maximum Gasteiger partial charge on any atom is 0.256 e. The lowest BCUT2D eigenvalue weighted by Crippen LogP contribution is -2.41. The van der Waals surface area contributed by atoms with Gasteiger partial charge in [-0.3, -0.25) is 9.78 Å². The molecule has 3 rings (SSSR count). The van der Waals surface area contributed by atoms with E-state index in [1.165, 1.54) is 0 Å². The molecule has 1 aliphatic heterocycles. The van der Waals surface area contributed by atoms with Crippen LogP contribution in [0.3, 0.4) is 0 Å². The fourth-order valence-corrected chi connectivity index (χ4v) is 3.33. The molecule has 25 heavy (non-hydrogen) atoms. The first-order valence-electron chi connectivity index (χ1n) is 8.87. The molecule has 0 saturated carbocycles. The number of amides is 1. The van der Waals surface area contributed by atoms with E-state index in [9.17, 15) is 4.79 Å². The summed E-state index contributed by atoms with van der Waals surface area (Å²) in [6, 6.07) is 11.4. The SMILES string of the molecule is CCOCC1CCCN(C(=O)c2ccnc(-c3ccccc3)c2N)C1. The quantitative estimate of drug-likeness (QED) is 0.908. The van der Waals surface area contributed by atoms with Crippen molar-refractivity contribution < 1.29 is 9.53 Å². The van der Waals surface area contributed by atoms with Crippen molar-refractivity contribution in [3.63, 3.8) is 0 Å². The standard InChI is InChI=1S/C20H25N3O2/c1-2-25-14-15-7-6-12-23(13-15)20(24)17-10-11-22-19(18(17)21)16-8-4-3-5-9-16/h3-5,8-11,15H,2,6-7,12-14,21H2,1H3. The van der Waals surface area contributed by atoms with E-state index >= 15 is 0 Å². The van der Waals surface area contributed by atoms with Gasteiger partial charge in [-0.05, 0) is 31.7 Å². The fourth-order valence-electron chi connectivity index (χ4n) is 3.33. The molecule has 1 saturated heterocycles. The van der Waals surface area contributed by atoms with Gasteiger partial charge in [-0.1, -0.05) is 30.3 Å². The summed E-state index contributed by atoms with van der Waals surface area (Å²) in [4.78, 5) is 19.3. The summed E-state index contributed by atoms with van der Waals surface area (Å²) in [5.41, 5.74) is 8.87. The monoisotopic (exact) mass is 339 g/mol. The number of likely N-dealkylation sites (tertiary alicyclic amines) is 1. The summed E-state index contributed by atoms with van der Waals surface area (Å²) in [6.07, 6.45) is 3.76. The van der Waals surface area contributed by atoms with Gasteiger partial charge in [0.1, 0.15) is 0 Å². The Morgan fingerprint density at radius 1 is 1.32 bits per heavy atom. The van der Waals surface area contributed by atoms with E-state index < -0.39 is 0 Å². The maximum absolute atomic E-state index is 13.0. The first-order chi connectivity index (χ1) is 12.2. The molecule has 0 spiro atoms. The Morgan fingerprint density at radius 3 is 2.88 bits per heavy atom. The van der Waals surface area contributed by atoms with Gasteiger partial charge >= 0.3 is 0 Å². The molecule has 132 valence electrons. The molecule has 1 fully saturated rings. The van der Waals surface area contributed by atoms with E-state index in [0.717, 1.165) is 31.5 Å². The van der Waals surface area contributed by atoms with Crippen molar-refractivity contribution in [2.75, 3.05) is 32.0 Å². The topological polar surface area (TPSA) is 68.5 Å². The molecule has 5 heteroatoms. The van der Waals surface area contributed by atoms with Crippen molar-refractivity contribution in [2.24, 2.45) is 5.92 Å². The number of piperidine rings is 1. The first kappa shape index (κ1) is 17.4. The van der Waals surface area contributed by atoms with Crippen LogP contribution in [0.15, 0.2) is 42.6 Å². The van der Waals surface area contributed by atoms with Crippen molar-refractivity contribution >= 4 is 11.6 Å². The molecular weight excluding hydrogens is 314 g/mol. The molecule has 0 bridgehead atoms. The van der Waals surface area contributed by atoms with Crippen LogP contribution in [-0.4, -0.2) is 42.1 Å². The Bertz CT molecular complexity index is 718. The van der Waals surface area contributed by atoms with Gasteiger partial charge in [0.2, 0.25) is 0 Å². The summed E-state index contributed by atoms with van der Waals surface area (Å²) in [6.45, 7) is 4.91. The van der Waals surface area contributed by atoms with Crippen molar-refractivity contribution in [1.82, 2.24) is 9.88 Å². The second-order valence-electron chi connectivity index (χ2n) is 6.41. The average molecular weight is 339 g/mol. The van der Waals surface area contributed by atoms with Crippen molar-refractivity contribution in [3.8, 4) is 11.3 Å². The summed E-state index contributed by atoms with van der Waals surface area (Å²) in [7, 11) is 0. The number of nitrogens with zero attached hydrogens (tertiary/aromatic N) is 2. The Labute approximate surface area is 148 Å². The van der Waals surface area contributed by atoms with Gasteiger partial charge in [0.15, 0.2) is 0 Å². The smallest absolute Gasteiger partial charge is 0.256 e. The maximum atomic E-state index is 13.0. The zero-order chi connectivity index (χ0) is 17.6. The second kappa shape index (κ2) is 8.12. The normalized spacial score (nSPS) is 17.5. The van der Waals surface area contributed by atoms with Crippen LogP contribution in [0.4, 0.5) is 5.69 Å². The van der Waals surface area contributed by atoms with Crippen LogP contribution in [0.1, 0.15) is 30.1 Å². The number of benzene rings is 1. The minimum absolute atomic E-state index is 0.0155. The molecule has 2 N–H and O–H groups in total. The average Bonchev–Trinajstić information content (AvgIpc) is 2.67. The largest absolute Gasteiger partial charge is 0.396 e. The molecule has 2 aromatic rings. The molecule has 1 unspecified atom stereocenters. The highest BCUT2D eigenvalue weighted by atomic mass is 16.5. The summed E-state index contributed by atoms with van der Waals surface area (Å²) < 4.78 is 5.53. The second-order valence-corrected chi connectivity index (χ2v) is 6.41. The highest BCUT2D eigenvalue weighted by Gasteiger charge is 2.26. The summed E-state index contributed by atoms with van der Waals surface area (Å²) in [5.74, 6) is 0.382. The van der Waals surface area contributed by atoms with Gasteiger partial charge in [-0.15, -0.1) is 0 Å². The molecule has 5 nitrogen and oxygen atoms in total. The Kier molecular flexibility index (Phi) is 5.66. The third-order valence-corrected chi connectivity index (χ3v) is 4.63. The number of nitrogens with two attached hydrogens (primary N) is 1. The molecule has 0 radical (unpaired) electrons. The molecule has 1 aromatic heterocycles. The zero-order valence-electron chi connectivity index (χ0n) is 14.6. The van der Waals surface area contributed by atoms with Crippen LogP contribution < -0.4 is 5.73 Å². The van der Waals surface area contributed by atoms with Gasteiger partial charge in [0.05, 0.1) is 23.6 Å². The minimum atomic E-state index is -0.0155. The molecule has 1 amide bonds. The van der Waals surface area contributed by atoms with Gasteiger partial charge < -0.3 is 15.4 Å². The number of rotatable bonds is 5. The first-order valence-corrected chi connectivity index (χ1v) is 8.87. The number of pyridine rings is 1. The van der Waals surface area contributed by atoms with Crippen LogP contribution in [0.25, 0.3) is 11.3 Å². The molecule has 1 aliphatic rings. The lowest BCUT2D eigenvalue weighted by Gasteiger charge is -2.33. The van der Waals surface area contributed by atoms with E-state index in [1.807, 2.05) is 42.2 Å². The van der Waals surface area contributed by atoms with Crippen LogP contribution in [-0.2, 0) is 4.74 Å². The predicted molar refractivity (Wildman–Crippen MR) is 99.2 cm³/mol. The van der Waals surface area contributed by atoms with Crippen LogP contribution >= 0.6 is 0 Å². The Balaban J connectivity index is 1.80. The zero-order valence-corrected chi connectivity index (χ0v) is 14.6. The number of hydrogen-bond acceptors (Lipinski definition) is 4. The van der Waals surface area contributed by atoms with E-state index in [4.69, 9.17) is 10.5 Å². The highest BCUT2D eigenvalue weighted by molar-refractivity contribution is 6.01. The van der Waals surface area contributed by atoms with Gasteiger partial charge in [-0.25, -0.2) is 0 Å². The van der Waals surface area contributed by atoms with Crippen LogP contribution in [0.5, 0.6) is 0 Å². The number of nitrogen functional groups attached to an aromatic ring is 1. The minimum Gasteiger partial charge on any atom is -0.396 e.